The Balaban J connectivity index is 1.66. The van der Waals surface area contributed by atoms with E-state index in [0.29, 0.717) is 35.3 Å². The molecule has 4 nitrogen and oxygen atoms in total. The third-order valence-corrected chi connectivity index (χ3v) is 6.30. The van der Waals surface area contributed by atoms with Gasteiger partial charge in [0.1, 0.15) is 30.0 Å². The van der Waals surface area contributed by atoms with Crippen molar-refractivity contribution in [3.8, 4) is 11.8 Å². The minimum Gasteiger partial charge on any atom is -0.492 e. The number of carbonyl (C=O) groups excluding carboxylic acids is 1. The van der Waals surface area contributed by atoms with Crippen LogP contribution in [0.2, 0.25) is 10.0 Å². The molecule has 2 aromatic carbocycles. The van der Waals surface area contributed by atoms with Crippen molar-refractivity contribution in [3.63, 3.8) is 0 Å². The highest BCUT2D eigenvalue weighted by Crippen LogP contribution is 2.42. The van der Waals surface area contributed by atoms with Crippen molar-refractivity contribution < 1.29 is 13.9 Å². The maximum Gasteiger partial charge on any atom is 0.144 e. The summed E-state index contributed by atoms with van der Waals surface area (Å²) in [6, 6.07) is 11.1. The monoisotopic (exact) mass is 438 g/mol. The largest absolute Gasteiger partial charge is 0.492 e. The SMILES string of the molecule is CCC(=O)C1(COc2ccc(C#N)c(F)c2)CN(Sc2ccc(Cl)cc2Cl)C1. The van der Waals surface area contributed by atoms with Crippen LogP contribution in [0.1, 0.15) is 18.9 Å². The highest BCUT2D eigenvalue weighted by Gasteiger charge is 2.49. The van der Waals surface area contributed by atoms with Crippen LogP contribution in [0, 0.1) is 22.6 Å². The van der Waals surface area contributed by atoms with Crippen LogP contribution in [0.3, 0.4) is 0 Å². The molecule has 0 amide bonds. The first-order chi connectivity index (χ1) is 13.4. The summed E-state index contributed by atoms with van der Waals surface area (Å²) in [6.45, 7) is 2.97. The van der Waals surface area contributed by atoms with Gasteiger partial charge in [0.25, 0.3) is 0 Å². The Morgan fingerprint density at radius 1 is 1.32 bits per heavy atom. The predicted molar refractivity (Wildman–Crippen MR) is 108 cm³/mol. The first-order valence-corrected chi connectivity index (χ1v) is 10.1. The average Bonchev–Trinajstić information content (AvgIpc) is 2.64. The molecule has 146 valence electrons. The van der Waals surface area contributed by atoms with Crippen molar-refractivity contribution in [1.82, 2.24) is 4.31 Å². The Bertz CT molecular complexity index is 942. The lowest BCUT2D eigenvalue weighted by molar-refractivity contribution is -0.137. The number of halogens is 3. The van der Waals surface area contributed by atoms with Gasteiger partial charge in [-0.05, 0) is 42.3 Å². The topological polar surface area (TPSA) is 53.3 Å². The Labute approximate surface area is 177 Å². The van der Waals surface area contributed by atoms with E-state index in [1.807, 2.05) is 17.3 Å². The summed E-state index contributed by atoms with van der Waals surface area (Å²) < 4.78 is 21.5. The number of ketones is 1. The first kappa shape index (κ1) is 20.9. The smallest absolute Gasteiger partial charge is 0.144 e. The Morgan fingerprint density at radius 2 is 2.07 bits per heavy atom. The van der Waals surface area contributed by atoms with E-state index in [4.69, 9.17) is 33.2 Å². The summed E-state index contributed by atoms with van der Waals surface area (Å²) in [5.74, 6) is -0.244. The molecule has 0 radical (unpaired) electrons. The molecule has 8 heteroatoms. The van der Waals surface area contributed by atoms with E-state index in [1.54, 1.807) is 18.2 Å². The summed E-state index contributed by atoms with van der Waals surface area (Å²) in [5, 5.41) is 9.93. The summed E-state index contributed by atoms with van der Waals surface area (Å²) in [6.07, 6.45) is 0.394. The molecule has 1 fully saturated rings. The minimum absolute atomic E-state index is 0.0437. The van der Waals surface area contributed by atoms with Crippen molar-refractivity contribution in [2.24, 2.45) is 5.41 Å². The maximum atomic E-state index is 13.8. The fourth-order valence-electron chi connectivity index (χ4n) is 3.00. The molecule has 1 aliphatic rings. The fraction of sp³-hybridized carbons (Fsp3) is 0.300. The van der Waals surface area contributed by atoms with Gasteiger partial charge in [-0.25, -0.2) is 8.70 Å². The standard InChI is InChI=1S/C20H17Cl2FN2O2S/c1-2-19(26)20(12-27-15-5-3-13(9-24)17(23)8-15)10-25(11-20)28-18-6-4-14(21)7-16(18)22/h3-8H,2,10-12H2,1H3. The summed E-state index contributed by atoms with van der Waals surface area (Å²) in [4.78, 5) is 13.4. The molecule has 0 unspecified atom stereocenters. The zero-order chi connectivity index (χ0) is 20.3. The Hall–Kier alpha value is -1.78. The van der Waals surface area contributed by atoms with Crippen molar-refractivity contribution >= 4 is 40.9 Å². The van der Waals surface area contributed by atoms with Crippen LogP contribution in [-0.2, 0) is 4.79 Å². The van der Waals surface area contributed by atoms with Gasteiger partial charge in [-0.1, -0.05) is 30.1 Å². The summed E-state index contributed by atoms with van der Waals surface area (Å²) in [7, 11) is 0. The summed E-state index contributed by atoms with van der Waals surface area (Å²) in [5.41, 5.74) is -0.692. The number of Topliss-reactive ketones (excluding diaryl/α,β-unsaturated/α-hetero) is 1. The second-order valence-corrected chi connectivity index (χ2v) is 8.55. The molecule has 1 aliphatic heterocycles. The molecule has 0 aliphatic carbocycles. The molecule has 0 atom stereocenters. The lowest BCUT2D eigenvalue weighted by Gasteiger charge is -2.47. The number of rotatable bonds is 7. The van der Waals surface area contributed by atoms with Crippen molar-refractivity contribution in [1.29, 1.82) is 5.26 Å². The lowest BCUT2D eigenvalue weighted by atomic mass is 9.77. The molecule has 3 rings (SSSR count). The molecule has 1 saturated heterocycles. The van der Waals surface area contributed by atoms with Crippen LogP contribution in [0.15, 0.2) is 41.3 Å². The molecular formula is C20H17Cl2FN2O2S. The van der Waals surface area contributed by atoms with Gasteiger partial charge in [0, 0.05) is 35.5 Å². The second-order valence-electron chi connectivity index (χ2n) is 6.56. The summed E-state index contributed by atoms with van der Waals surface area (Å²) >= 11 is 13.6. The molecule has 0 aromatic heterocycles. The molecule has 0 N–H and O–H groups in total. The molecule has 28 heavy (non-hydrogen) atoms. The molecule has 1 heterocycles. The van der Waals surface area contributed by atoms with E-state index in [0.717, 1.165) is 4.90 Å². The number of carbonyl (C=O) groups is 1. The van der Waals surface area contributed by atoms with E-state index in [9.17, 15) is 9.18 Å². The van der Waals surface area contributed by atoms with E-state index < -0.39 is 11.2 Å². The number of nitriles is 1. The van der Waals surface area contributed by atoms with Gasteiger partial charge < -0.3 is 4.74 Å². The van der Waals surface area contributed by atoms with Gasteiger partial charge in [0.2, 0.25) is 0 Å². The van der Waals surface area contributed by atoms with Crippen molar-refractivity contribution in [3.05, 3.63) is 57.8 Å². The normalized spacial score (nSPS) is 15.5. The van der Waals surface area contributed by atoms with Crippen LogP contribution in [0.25, 0.3) is 0 Å². The van der Waals surface area contributed by atoms with E-state index in [-0.39, 0.29) is 18.0 Å². The van der Waals surface area contributed by atoms with Gasteiger partial charge in [-0.2, -0.15) is 5.26 Å². The molecule has 0 bridgehead atoms. The Kier molecular flexibility index (Phi) is 6.51. The minimum atomic E-state index is -0.648. The second kappa shape index (κ2) is 8.71. The number of benzene rings is 2. The molecule has 0 spiro atoms. The third-order valence-electron chi connectivity index (χ3n) is 4.57. The number of nitrogens with zero attached hydrogens (tertiary/aromatic N) is 2. The third kappa shape index (κ3) is 4.44. The first-order valence-electron chi connectivity index (χ1n) is 8.60. The van der Waals surface area contributed by atoms with Gasteiger partial charge >= 0.3 is 0 Å². The van der Waals surface area contributed by atoms with Gasteiger partial charge in [-0.15, -0.1) is 0 Å². The quantitative estimate of drug-likeness (QED) is 0.543. The fourth-order valence-corrected chi connectivity index (χ4v) is 4.69. The van der Waals surface area contributed by atoms with Crippen molar-refractivity contribution in [2.45, 2.75) is 18.2 Å². The molecule has 2 aromatic rings. The highest BCUT2D eigenvalue weighted by atomic mass is 35.5. The number of ether oxygens (including phenoxy) is 1. The highest BCUT2D eigenvalue weighted by molar-refractivity contribution is 7.97. The van der Waals surface area contributed by atoms with Gasteiger partial charge in [0.15, 0.2) is 0 Å². The number of hydrogen-bond acceptors (Lipinski definition) is 5. The molecular weight excluding hydrogens is 422 g/mol. The predicted octanol–water partition coefficient (Wildman–Crippen LogP) is 5.37. The van der Waals surface area contributed by atoms with E-state index in [2.05, 4.69) is 0 Å². The lowest BCUT2D eigenvalue weighted by Crippen LogP contribution is -2.60. The van der Waals surface area contributed by atoms with Crippen LogP contribution >= 0.6 is 35.1 Å². The van der Waals surface area contributed by atoms with Crippen LogP contribution < -0.4 is 4.74 Å². The van der Waals surface area contributed by atoms with Gasteiger partial charge in [0.05, 0.1) is 16.0 Å². The Morgan fingerprint density at radius 3 is 2.68 bits per heavy atom. The van der Waals surface area contributed by atoms with Crippen LogP contribution in [0.4, 0.5) is 4.39 Å². The zero-order valence-corrected chi connectivity index (χ0v) is 17.4. The van der Waals surface area contributed by atoms with Crippen LogP contribution in [0.5, 0.6) is 5.75 Å². The number of hydrogen-bond donors (Lipinski definition) is 0. The van der Waals surface area contributed by atoms with Gasteiger partial charge in [-0.3, -0.25) is 4.79 Å². The zero-order valence-electron chi connectivity index (χ0n) is 15.0. The van der Waals surface area contributed by atoms with E-state index >= 15 is 0 Å². The molecule has 0 saturated carbocycles. The van der Waals surface area contributed by atoms with E-state index in [1.165, 1.54) is 30.1 Å². The van der Waals surface area contributed by atoms with Crippen molar-refractivity contribution in [2.75, 3.05) is 19.7 Å². The van der Waals surface area contributed by atoms with Crippen LogP contribution in [-0.4, -0.2) is 29.8 Å². The average molecular weight is 439 g/mol. The maximum absolute atomic E-state index is 13.8.